The van der Waals surface area contributed by atoms with E-state index < -0.39 is 49.0 Å². The Bertz CT molecular complexity index is 1140. The molecule has 0 saturated carbocycles. The summed E-state index contributed by atoms with van der Waals surface area (Å²) in [7, 11) is 0. The highest BCUT2D eigenvalue weighted by atomic mass is 19.1. The van der Waals surface area contributed by atoms with Crippen LogP contribution in [0.3, 0.4) is 0 Å². The Morgan fingerprint density at radius 3 is 2.46 bits per heavy atom. The Balaban J connectivity index is 1.92. The first-order valence-electron chi connectivity index (χ1n) is 12.7. The number of ether oxygens (including phenoxy) is 5. The third-order valence-corrected chi connectivity index (χ3v) is 6.11. The first-order valence-corrected chi connectivity index (χ1v) is 12.7. The van der Waals surface area contributed by atoms with Crippen molar-refractivity contribution >= 4 is 6.16 Å². The largest absolute Gasteiger partial charge is 0.508 e. The highest BCUT2D eigenvalue weighted by Crippen LogP contribution is 2.35. The molecule has 13 heteroatoms. The van der Waals surface area contributed by atoms with E-state index in [1.807, 2.05) is 27.7 Å². The molecule has 0 amide bonds. The van der Waals surface area contributed by atoms with Gasteiger partial charge in [0.2, 0.25) is 5.88 Å². The van der Waals surface area contributed by atoms with Crippen molar-refractivity contribution in [2.45, 2.75) is 90.5 Å². The lowest BCUT2D eigenvalue weighted by atomic mass is 9.97. The monoisotopic (exact) mass is 556 g/mol. The van der Waals surface area contributed by atoms with Gasteiger partial charge in [-0.05, 0) is 53.2 Å². The summed E-state index contributed by atoms with van der Waals surface area (Å²) in [5.74, 6) is -3.27. The van der Waals surface area contributed by atoms with Gasteiger partial charge in [-0.1, -0.05) is 6.07 Å². The van der Waals surface area contributed by atoms with Crippen LogP contribution in [0.5, 0.6) is 11.6 Å². The van der Waals surface area contributed by atoms with Gasteiger partial charge < -0.3 is 44.1 Å². The molecule has 39 heavy (non-hydrogen) atoms. The highest BCUT2D eigenvalue weighted by Gasteiger charge is 2.56. The van der Waals surface area contributed by atoms with Crippen LogP contribution in [0.15, 0.2) is 18.2 Å². The van der Waals surface area contributed by atoms with Crippen LogP contribution >= 0.6 is 0 Å². The zero-order valence-corrected chi connectivity index (χ0v) is 22.8. The molecule has 0 aliphatic carbocycles. The molecule has 2 aromatic rings. The zero-order chi connectivity index (χ0) is 29.1. The second kappa shape index (κ2) is 12.5. The molecule has 1 aromatic heterocycles. The van der Waals surface area contributed by atoms with Crippen LogP contribution in [0, 0.1) is 12.7 Å². The van der Waals surface area contributed by atoms with Gasteiger partial charge in [0.15, 0.2) is 6.10 Å². The minimum Gasteiger partial charge on any atom is -0.491 e. The number of carbonyl (C=O) groups excluding carboxylic acids is 1. The topological polar surface area (TPSA) is 162 Å². The van der Waals surface area contributed by atoms with Gasteiger partial charge in [0.1, 0.15) is 36.5 Å². The van der Waals surface area contributed by atoms with Crippen molar-refractivity contribution in [1.82, 2.24) is 9.78 Å². The summed E-state index contributed by atoms with van der Waals surface area (Å²) in [5.41, 5.74) is 1.26. The van der Waals surface area contributed by atoms with Gasteiger partial charge in [-0.2, -0.15) is 0 Å². The van der Waals surface area contributed by atoms with Crippen LogP contribution in [0.25, 0.3) is 0 Å². The molecule has 1 saturated heterocycles. The molecule has 218 valence electrons. The average molecular weight is 557 g/mol. The van der Waals surface area contributed by atoms with Crippen LogP contribution in [0.2, 0.25) is 0 Å². The van der Waals surface area contributed by atoms with Crippen molar-refractivity contribution < 1.29 is 53.3 Å². The standard InChI is InChI=1S/C26H37FN2O10/c1-7-35-25(33)36-12-20-21(30)22(31)23(32)26(34,38-20)39-24-18(15(6)29(28-24)13(2)3)10-16-8-9-17(11-19(16)27)37-14(4)5/h8-9,11,13-14,20-23,30-32,34H,7,10,12H2,1-6H3/t20-,21-,22+,23-,26+/m1/s1. The number of hydrogen-bond acceptors (Lipinski definition) is 11. The third-order valence-electron chi connectivity index (χ3n) is 6.11. The first kappa shape index (κ1) is 30.6. The van der Waals surface area contributed by atoms with Crippen molar-refractivity contribution in [1.29, 1.82) is 0 Å². The van der Waals surface area contributed by atoms with Gasteiger partial charge in [-0.25, -0.2) is 9.18 Å². The molecule has 1 aliphatic heterocycles. The van der Waals surface area contributed by atoms with Crippen molar-refractivity contribution in [2.24, 2.45) is 0 Å². The van der Waals surface area contributed by atoms with Gasteiger partial charge in [0.25, 0.3) is 0 Å². The van der Waals surface area contributed by atoms with E-state index in [0.29, 0.717) is 17.0 Å². The van der Waals surface area contributed by atoms with E-state index in [4.69, 9.17) is 18.9 Å². The predicted molar refractivity (Wildman–Crippen MR) is 134 cm³/mol. The number of nitrogens with zero attached hydrogens (tertiary/aromatic N) is 2. The summed E-state index contributed by atoms with van der Waals surface area (Å²) in [6, 6.07) is 4.31. The molecule has 1 aliphatic rings. The van der Waals surface area contributed by atoms with E-state index in [1.54, 1.807) is 30.7 Å². The lowest BCUT2D eigenvalue weighted by molar-refractivity contribution is -0.423. The normalized spacial score (nSPS) is 25.2. The average Bonchev–Trinajstić information content (AvgIpc) is 3.15. The molecular weight excluding hydrogens is 519 g/mol. The fraction of sp³-hybridized carbons (Fsp3) is 0.615. The number of halogens is 1. The van der Waals surface area contributed by atoms with E-state index in [-0.39, 0.29) is 36.6 Å². The molecule has 1 aromatic carbocycles. The smallest absolute Gasteiger partial charge is 0.491 e. The first-order chi connectivity index (χ1) is 18.3. The maximum atomic E-state index is 15.0. The SMILES string of the molecule is CCOC(=O)OC[C@H]1O[C@](O)(Oc2nn(C(C)C)c(C)c2Cc2ccc(OC(C)C)cc2F)[C@H](O)[C@@H](O)[C@@H]1O. The fourth-order valence-corrected chi connectivity index (χ4v) is 4.17. The van der Waals surface area contributed by atoms with Crippen LogP contribution in [-0.4, -0.2) is 86.1 Å². The molecule has 1 fully saturated rings. The second-order valence-electron chi connectivity index (χ2n) is 9.81. The van der Waals surface area contributed by atoms with E-state index in [9.17, 15) is 29.6 Å². The fourth-order valence-electron chi connectivity index (χ4n) is 4.17. The Morgan fingerprint density at radius 2 is 1.87 bits per heavy atom. The van der Waals surface area contributed by atoms with Crippen molar-refractivity contribution in [2.75, 3.05) is 13.2 Å². The molecule has 12 nitrogen and oxygen atoms in total. The molecule has 4 N–H and O–H groups in total. The van der Waals surface area contributed by atoms with E-state index >= 15 is 0 Å². The zero-order valence-electron chi connectivity index (χ0n) is 22.8. The predicted octanol–water partition coefficient (Wildman–Crippen LogP) is 1.97. The van der Waals surface area contributed by atoms with Crippen LogP contribution < -0.4 is 9.47 Å². The molecule has 0 bridgehead atoms. The number of aromatic nitrogens is 2. The van der Waals surface area contributed by atoms with E-state index in [1.165, 1.54) is 6.07 Å². The number of hydrogen-bond donors (Lipinski definition) is 4. The van der Waals surface area contributed by atoms with Gasteiger partial charge in [0, 0.05) is 29.8 Å². The van der Waals surface area contributed by atoms with E-state index in [0.717, 1.165) is 0 Å². The Labute approximate surface area is 225 Å². The van der Waals surface area contributed by atoms with E-state index in [2.05, 4.69) is 9.84 Å². The summed E-state index contributed by atoms with van der Waals surface area (Å²) in [6.45, 7) is 10.1. The lowest BCUT2D eigenvalue weighted by Gasteiger charge is -2.44. The molecular formula is C26H37FN2O10. The van der Waals surface area contributed by atoms with Gasteiger partial charge >= 0.3 is 12.1 Å². The second-order valence-corrected chi connectivity index (χ2v) is 9.81. The summed E-state index contributed by atoms with van der Waals surface area (Å²) >= 11 is 0. The third kappa shape index (κ3) is 6.97. The number of rotatable bonds is 10. The maximum absolute atomic E-state index is 15.0. The Morgan fingerprint density at radius 1 is 1.18 bits per heavy atom. The molecule has 3 rings (SSSR count). The minimum atomic E-state index is -2.91. The van der Waals surface area contributed by atoms with Gasteiger partial charge in [0.05, 0.1) is 12.7 Å². The minimum absolute atomic E-state index is 0.00553. The molecule has 0 spiro atoms. The van der Waals surface area contributed by atoms with Crippen LogP contribution in [-0.2, 0) is 20.6 Å². The maximum Gasteiger partial charge on any atom is 0.508 e. The highest BCUT2D eigenvalue weighted by molar-refractivity contribution is 5.59. The van der Waals surface area contributed by atoms with Crippen LogP contribution in [0.1, 0.15) is 57.5 Å². The number of aliphatic hydroxyl groups is 4. The van der Waals surface area contributed by atoms with Gasteiger partial charge in [-0.15, -0.1) is 5.10 Å². The molecule has 0 unspecified atom stereocenters. The number of carbonyl (C=O) groups is 1. The Hall–Kier alpha value is -2.97. The summed E-state index contributed by atoms with van der Waals surface area (Å²) in [4.78, 5) is 11.6. The summed E-state index contributed by atoms with van der Waals surface area (Å²) < 4.78 is 42.7. The van der Waals surface area contributed by atoms with Crippen molar-refractivity contribution in [3.05, 3.63) is 40.8 Å². The summed E-state index contributed by atoms with van der Waals surface area (Å²) in [5, 5.41) is 46.8. The number of benzene rings is 1. The molecule has 5 atom stereocenters. The quantitative estimate of drug-likeness (QED) is 0.250. The van der Waals surface area contributed by atoms with Crippen molar-refractivity contribution in [3.8, 4) is 11.6 Å². The summed E-state index contributed by atoms with van der Waals surface area (Å²) in [6.07, 6.45) is -8.53. The molecule has 2 heterocycles. The Kier molecular flexibility index (Phi) is 9.78. The lowest BCUT2D eigenvalue weighted by Crippen LogP contribution is -2.67. The van der Waals surface area contributed by atoms with Crippen LogP contribution in [0.4, 0.5) is 9.18 Å². The van der Waals surface area contributed by atoms with Crippen molar-refractivity contribution in [3.63, 3.8) is 0 Å². The van der Waals surface area contributed by atoms with Gasteiger partial charge in [-0.3, -0.25) is 4.68 Å². The molecule has 0 radical (unpaired) electrons. The number of aliphatic hydroxyl groups excluding tert-OH is 3.